The minimum atomic E-state index is -0.203. The Bertz CT molecular complexity index is 965. The molecule has 4 fully saturated rings. The molecule has 4 bridgehead atoms. The van der Waals surface area contributed by atoms with Gasteiger partial charge < -0.3 is 0 Å². The predicted octanol–water partition coefficient (Wildman–Crippen LogP) is 4.13. The fourth-order valence-corrected chi connectivity index (χ4v) is 6.30. The van der Waals surface area contributed by atoms with Gasteiger partial charge in [0.15, 0.2) is 0 Å². The SMILES string of the molecule is N#CCCn1cc(/C=N\NC(=O)C23CC4CC(CC(C4)C2)C3)c(-c2ccccc2)n1. The van der Waals surface area contributed by atoms with E-state index in [-0.39, 0.29) is 11.3 Å². The third-order valence-electron chi connectivity index (χ3n) is 7.18. The fourth-order valence-electron chi connectivity index (χ4n) is 6.30. The van der Waals surface area contributed by atoms with Crippen molar-refractivity contribution in [3.05, 3.63) is 42.1 Å². The second kappa shape index (κ2) is 7.71. The van der Waals surface area contributed by atoms with Crippen LogP contribution in [0.3, 0.4) is 0 Å². The van der Waals surface area contributed by atoms with Gasteiger partial charge in [0.05, 0.1) is 30.7 Å². The first-order chi connectivity index (χ1) is 14.6. The van der Waals surface area contributed by atoms with E-state index in [1.807, 2.05) is 36.5 Å². The van der Waals surface area contributed by atoms with Gasteiger partial charge in [-0.15, -0.1) is 0 Å². The summed E-state index contributed by atoms with van der Waals surface area (Å²) in [4.78, 5) is 13.1. The molecule has 154 valence electrons. The average Bonchev–Trinajstić information content (AvgIpc) is 3.15. The Morgan fingerprint density at radius 3 is 2.50 bits per heavy atom. The highest BCUT2D eigenvalue weighted by atomic mass is 16.2. The van der Waals surface area contributed by atoms with Crippen molar-refractivity contribution < 1.29 is 4.79 Å². The minimum absolute atomic E-state index is 0.0935. The van der Waals surface area contributed by atoms with Gasteiger partial charge in [-0.3, -0.25) is 9.48 Å². The summed E-state index contributed by atoms with van der Waals surface area (Å²) < 4.78 is 1.77. The van der Waals surface area contributed by atoms with Crippen LogP contribution in [0.25, 0.3) is 11.3 Å². The molecule has 6 rings (SSSR count). The molecule has 0 saturated heterocycles. The summed E-state index contributed by atoms with van der Waals surface area (Å²) >= 11 is 0. The smallest absolute Gasteiger partial charge is 0.246 e. The Labute approximate surface area is 177 Å². The fraction of sp³-hybridized carbons (Fsp3) is 0.500. The second-order valence-corrected chi connectivity index (χ2v) is 9.37. The van der Waals surface area contributed by atoms with E-state index >= 15 is 0 Å². The van der Waals surface area contributed by atoms with Gasteiger partial charge in [0, 0.05) is 17.3 Å². The zero-order chi connectivity index (χ0) is 20.6. The van der Waals surface area contributed by atoms with Crippen LogP contribution in [-0.4, -0.2) is 21.9 Å². The Kier molecular flexibility index (Phi) is 4.90. The highest BCUT2D eigenvalue weighted by molar-refractivity contribution is 5.90. The molecule has 4 saturated carbocycles. The number of nitrogens with one attached hydrogen (secondary N) is 1. The van der Waals surface area contributed by atoms with E-state index in [1.165, 1.54) is 19.3 Å². The number of hydrazone groups is 1. The van der Waals surface area contributed by atoms with E-state index < -0.39 is 0 Å². The van der Waals surface area contributed by atoms with Crippen LogP contribution >= 0.6 is 0 Å². The third kappa shape index (κ3) is 3.54. The second-order valence-electron chi connectivity index (χ2n) is 9.37. The van der Waals surface area contributed by atoms with Crippen LogP contribution in [0.5, 0.6) is 0 Å². The van der Waals surface area contributed by atoms with Crippen LogP contribution in [0.1, 0.15) is 50.5 Å². The Balaban J connectivity index is 1.33. The Morgan fingerprint density at radius 1 is 1.20 bits per heavy atom. The number of aromatic nitrogens is 2. The minimum Gasteiger partial charge on any atom is -0.273 e. The van der Waals surface area contributed by atoms with Crippen LogP contribution in [0.15, 0.2) is 41.6 Å². The summed E-state index contributed by atoms with van der Waals surface area (Å²) in [6.45, 7) is 0.532. The van der Waals surface area contributed by atoms with Crippen molar-refractivity contribution in [2.75, 3.05) is 0 Å². The monoisotopic (exact) mass is 401 g/mol. The molecule has 0 spiro atoms. The summed E-state index contributed by atoms with van der Waals surface area (Å²) in [5.41, 5.74) is 5.29. The van der Waals surface area contributed by atoms with Gasteiger partial charge >= 0.3 is 0 Å². The van der Waals surface area contributed by atoms with E-state index in [4.69, 9.17) is 5.26 Å². The maximum absolute atomic E-state index is 13.1. The number of carbonyl (C=O) groups is 1. The summed E-state index contributed by atoms with van der Waals surface area (Å²) in [5, 5.41) is 17.8. The lowest BCUT2D eigenvalue weighted by molar-refractivity contribution is -0.146. The molecular formula is C24H27N5O. The zero-order valence-electron chi connectivity index (χ0n) is 17.1. The van der Waals surface area contributed by atoms with Crippen molar-refractivity contribution in [3.8, 4) is 17.3 Å². The number of aryl methyl sites for hydroxylation is 1. The molecule has 2 aromatic rings. The number of nitriles is 1. The first-order valence-electron chi connectivity index (χ1n) is 11.0. The number of rotatable bonds is 6. The van der Waals surface area contributed by atoms with Crippen molar-refractivity contribution in [2.24, 2.45) is 28.3 Å². The summed E-state index contributed by atoms with van der Waals surface area (Å²) in [7, 11) is 0. The molecule has 1 heterocycles. The molecule has 0 radical (unpaired) electrons. The number of hydrogen-bond acceptors (Lipinski definition) is 4. The molecule has 1 aromatic carbocycles. The highest BCUT2D eigenvalue weighted by Gasteiger charge is 2.54. The summed E-state index contributed by atoms with van der Waals surface area (Å²) in [6, 6.07) is 12.1. The van der Waals surface area contributed by atoms with Crippen LogP contribution in [-0.2, 0) is 11.3 Å². The molecule has 0 aliphatic heterocycles. The van der Waals surface area contributed by atoms with Crippen LogP contribution in [0.4, 0.5) is 0 Å². The van der Waals surface area contributed by atoms with Crippen LogP contribution in [0.2, 0.25) is 0 Å². The van der Waals surface area contributed by atoms with Crippen molar-refractivity contribution in [1.29, 1.82) is 5.26 Å². The Morgan fingerprint density at radius 2 is 1.87 bits per heavy atom. The molecule has 4 aliphatic rings. The number of benzene rings is 1. The molecule has 30 heavy (non-hydrogen) atoms. The standard InChI is InChI=1S/C24H27N5O/c25-7-4-8-29-16-21(22(28-29)20-5-2-1-3-6-20)15-26-27-23(30)24-12-17-9-18(13-24)11-19(10-17)14-24/h1-3,5-6,15-19H,4,8-14H2,(H,27,30)/b26-15-. The third-order valence-corrected chi connectivity index (χ3v) is 7.18. The zero-order valence-corrected chi connectivity index (χ0v) is 17.1. The molecule has 6 nitrogen and oxygen atoms in total. The average molecular weight is 402 g/mol. The molecular weight excluding hydrogens is 374 g/mol. The molecule has 1 amide bonds. The van der Waals surface area contributed by atoms with Crippen molar-refractivity contribution in [1.82, 2.24) is 15.2 Å². The molecule has 1 aromatic heterocycles. The largest absolute Gasteiger partial charge is 0.273 e. The number of nitrogens with zero attached hydrogens (tertiary/aromatic N) is 4. The van der Waals surface area contributed by atoms with E-state index in [1.54, 1.807) is 10.9 Å². The quantitative estimate of drug-likeness (QED) is 0.583. The maximum atomic E-state index is 13.1. The Hall–Kier alpha value is -2.94. The number of amides is 1. The van der Waals surface area contributed by atoms with E-state index in [0.717, 1.165) is 53.8 Å². The van der Waals surface area contributed by atoms with Gasteiger partial charge in [0.25, 0.3) is 0 Å². The molecule has 0 atom stereocenters. The lowest BCUT2D eigenvalue weighted by Gasteiger charge is -2.55. The van der Waals surface area contributed by atoms with Gasteiger partial charge in [-0.05, 0) is 56.3 Å². The molecule has 0 unspecified atom stereocenters. The van der Waals surface area contributed by atoms with E-state index in [2.05, 4.69) is 21.7 Å². The number of carbonyl (C=O) groups excluding carboxylic acids is 1. The lowest BCUT2D eigenvalue weighted by Crippen LogP contribution is -2.52. The van der Waals surface area contributed by atoms with E-state index in [0.29, 0.717) is 13.0 Å². The van der Waals surface area contributed by atoms with Gasteiger partial charge in [-0.1, -0.05) is 30.3 Å². The van der Waals surface area contributed by atoms with Gasteiger partial charge in [0.2, 0.25) is 5.91 Å². The first-order valence-corrected chi connectivity index (χ1v) is 11.0. The van der Waals surface area contributed by atoms with Crippen molar-refractivity contribution >= 4 is 12.1 Å². The molecule has 6 heteroatoms. The predicted molar refractivity (Wildman–Crippen MR) is 114 cm³/mol. The topological polar surface area (TPSA) is 83.1 Å². The highest BCUT2D eigenvalue weighted by Crippen LogP contribution is 2.60. The van der Waals surface area contributed by atoms with E-state index in [9.17, 15) is 4.79 Å². The maximum Gasteiger partial charge on any atom is 0.246 e. The summed E-state index contributed by atoms with van der Waals surface area (Å²) in [6.07, 6.45) is 11.0. The summed E-state index contributed by atoms with van der Waals surface area (Å²) in [5.74, 6) is 2.29. The van der Waals surface area contributed by atoms with Crippen LogP contribution < -0.4 is 5.43 Å². The number of hydrogen-bond donors (Lipinski definition) is 1. The van der Waals surface area contributed by atoms with Crippen LogP contribution in [0, 0.1) is 34.5 Å². The normalized spacial score (nSPS) is 29.2. The lowest BCUT2D eigenvalue weighted by atomic mass is 9.49. The van der Waals surface area contributed by atoms with Crippen molar-refractivity contribution in [2.45, 2.75) is 51.5 Å². The van der Waals surface area contributed by atoms with Gasteiger partial charge in [-0.25, -0.2) is 5.43 Å². The van der Waals surface area contributed by atoms with Crippen molar-refractivity contribution in [3.63, 3.8) is 0 Å². The van der Waals surface area contributed by atoms with Gasteiger partial charge in [-0.2, -0.15) is 15.5 Å². The molecule has 1 N–H and O–H groups in total. The van der Waals surface area contributed by atoms with Gasteiger partial charge in [0.1, 0.15) is 5.69 Å². The molecule has 4 aliphatic carbocycles. The first kappa shape index (κ1) is 19.0.